The second-order valence-corrected chi connectivity index (χ2v) is 4.93. The van der Waals surface area contributed by atoms with Crippen LogP contribution < -0.4 is 5.32 Å². The molecule has 0 fully saturated rings. The Labute approximate surface area is 110 Å². The van der Waals surface area contributed by atoms with Crippen LogP contribution >= 0.6 is 11.3 Å². The monoisotopic (exact) mass is 255 g/mol. The summed E-state index contributed by atoms with van der Waals surface area (Å²) in [4.78, 5) is 8.80. The van der Waals surface area contributed by atoms with E-state index >= 15 is 0 Å². The average Bonchev–Trinajstić information content (AvgIpc) is 2.82. The van der Waals surface area contributed by atoms with E-state index in [-0.39, 0.29) is 0 Å². The summed E-state index contributed by atoms with van der Waals surface area (Å²) in [5.41, 5.74) is 3.59. The quantitative estimate of drug-likeness (QED) is 0.777. The predicted molar refractivity (Wildman–Crippen MR) is 75.9 cm³/mol. The molecule has 0 amide bonds. The van der Waals surface area contributed by atoms with Gasteiger partial charge in [0, 0.05) is 18.1 Å². The Hall–Kier alpha value is -1.94. The minimum atomic E-state index is 0.680. The van der Waals surface area contributed by atoms with Gasteiger partial charge in [-0.25, -0.2) is 9.97 Å². The first-order valence-corrected chi connectivity index (χ1v) is 6.74. The fourth-order valence-corrected chi connectivity index (χ4v) is 2.66. The highest BCUT2D eigenvalue weighted by molar-refractivity contribution is 7.08. The zero-order valence-electron chi connectivity index (χ0n) is 10.1. The first-order valence-electron chi connectivity index (χ1n) is 5.80. The van der Waals surface area contributed by atoms with Crippen molar-refractivity contribution in [1.82, 2.24) is 9.97 Å². The van der Waals surface area contributed by atoms with E-state index in [0.717, 1.165) is 17.4 Å². The molecule has 0 bridgehead atoms. The van der Waals surface area contributed by atoms with E-state index in [9.17, 15) is 0 Å². The van der Waals surface area contributed by atoms with Gasteiger partial charge in [-0.05, 0) is 34.9 Å². The van der Waals surface area contributed by atoms with Crippen LogP contribution in [0.5, 0.6) is 0 Å². The largest absolute Gasteiger partial charge is 0.350 e. The van der Waals surface area contributed by atoms with Crippen molar-refractivity contribution in [3.63, 3.8) is 0 Å². The van der Waals surface area contributed by atoms with Crippen LogP contribution in [0.15, 0.2) is 41.2 Å². The molecule has 0 unspecified atom stereocenters. The summed E-state index contributed by atoms with van der Waals surface area (Å²) < 4.78 is 0. The summed E-state index contributed by atoms with van der Waals surface area (Å²) in [6.45, 7) is 2.89. The number of fused-ring (bicyclic) bond motifs is 1. The Morgan fingerprint density at radius 2 is 2.11 bits per heavy atom. The molecular formula is C14H13N3S. The zero-order chi connectivity index (χ0) is 12.4. The van der Waals surface area contributed by atoms with Crippen molar-refractivity contribution >= 4 is 28.2 Å². The lowest BCUT2D eigenvalue weighted by atomic mass is 10.2. The maximum atomic E-state index is 4.49. The Kier molecular flexibility index (Phi) is 2.94. The number of nitrogens with one attached hydrogen (secondary N) is 1. The zero-order valence-corrected chi connectivity index (χ0v) is 10.9. The van der Waals surface area contributed by atoms with Gasteiger partial charge >= 0.3 is 0 Å². The van der Waals surface area contributed by atoms with Crippen molar-refractivity contribution in [3.8, 4) is 0 Å². The number of hydrogen-bond donors (Lipinski definition) is 1. The van der Waals surface area contributed by atoms with Crippen LogP contribution in [-0.2, 0) is 6.54 Å². The first-order chi connectivity index (χ1) is 8.83. The van der Waals surface area contributed by atoms with Crippen molar-refractivity contribution < 1.29 is 0 Å². The van der Waals surface area contributed by atoms with Gasteiger partial charge in [0.1, 0.15) is 0 Å². The number of anilines is 1. The molecule has 18 heavy (non-hydrogen) atoms. The fraction of sp³-hybridized carbons (Fsp3) is 0.143. The molecule has 0 radical (unpaired) electrons. The minimum absolute atomic E-state index is 0.680. The van der Waals surface area contributed by atoms with E-state index in [0.29, 0.717) is 5.95 Å². The lowest BCUT2D eigenvalue weighted by molar-refractivity contribution is 1.07. The van der Waals surface area contributed by atoms with Crippen molar-refractivity contribution in [2.45, 2.75) is 13.5 Å². The lowest BCUT2D eigenvalue weighted by Gasteiger charge is -2.05. The van der Waals surface area contributed by atoms with Gasteiger partial charge in [0.25, 0.3) is 0 Å². The van der Waals surface area contributed by atoms with Crippen molar-refractivity contribution in [2.75, 3.05) is 5.32 Å². The summed E-state index contributed by atoms with van der Waals surface area (Å²) >= 11 is 1.72. The van der Waals surface area contributed by atoms with Crippen LogP contribution in [0.2, 0.25) is 0 Å². The van der Waals surface area contributed by atoms with Crippen LogP contribution in [0.25, 0.3) is 10.9 Å². The van der Waals surface area contributed by atoms with E-state index in [1.54, 1.807) is 11.3 Å². The van der Waals surface area contributed by atoms with Gasteiger partial charge in [-0.1, -0.05) is 18.2 Å². The molecule has 2 aromatic heterocycles. The van der Waals surface area contributed by atoms with Gasteiger partial charge in [-0.3, -0.25) is 0 Å². The molecule has 0 atom stereocenters. The molecule has 0 aliphatic rings. The maximum Gasteiger partial charge on any atom is 0.223 e. The minimum Gasteiger partial charge on any atom is -0.350 e. The molecule has 3 nitrogen and oxygen atoms in total. The van der Waals surface area contributed by atoms with Crippen LogP contribution in [0, 0.1) is 6.92 Å². The number of aryl methyl sites for hydroxylation is 1. The summed E-state index contributed by atoms with van der Waals surface area (Å²) in [6, 6.07) is 8.00. The van der Waals surface area contributed by atoms with Gasteiger partial charge in [-0.2, -0.15) is 11.3 Å². The van der Waals surface area contributed by atoms with E-state index in [1.165, 1.54) is 11.1 Å². The van der Waals surface area contributed by atoms with Gasteiger partial charge < -0.3 is 5.32 Å². The molecule has 2 heterocycles. The summed E-state index contributed by atoms with van der Waals surface area (Å²) in [5.74, 6) is 0.680. The van der Waals surface area contributed by atoms with Crippen molar-refractivity contribution in [3.05, 3.63) is 52.3 Å². The number of aromatic nitrogens is 2. The Balaban J connectivity index is 1.81. The standard InChI is InChI=1S/C14H13N3S/c1-10-8-18-9-12(10)7-16-14-15-6-11-4-2-3-5-13(11)17-14/h2-6,8-9H,7H2,1H3,(H,15,16,17). The maximum absolute atomic E-state index is 4.49. The van der Waals surface area contributed by atoms with E-state index in [1.807, 2.05) is 30.5 Å². The Bertz CT molecular complexity index is 675. The molecule has 0 saturated carbocycles. The Morgan fingerprint density at radius 3 is 2.94 bits per heavy atom. The molecule has 0 spiro atoms. The first kappa shape index (κ1) is 11.2. The molecule has 1 N–H and O–H groups in total. The lowest BCUT2D eigenvalue weighted by Crippen LogP contribution is -2.03. The third kappa shape index (κ3) is 2.19. The van der Waals surface area contributed by atoms with Crippen molar-refractivity contribution in [2.24, 2.45) is 0 Å². The van der Waals surface area contributed by atoms with Crippen LogP contribution in [0.1, 0.15) is 11.1 Å². The van der Waals surface area contributed by atoms with Gasteiger partial charge in [0.05, 0.1) is 5.52 Å². The summed E-state index contributed by atoms with van der Waals surface area (Å²) in [6.07, 6.45) is 1.85. The van der Waals surface area contributed by atoms with Gasteiger partial charge in [0.15, 0.2) is 0 Å². The molecule has 4 heteroatoms. The van der Waals surface area contributed by atoms with Crippen LogP contribution in [-0.4, -0.2) is 9.97 Å². The number of hydrogen-bond acceptors (Lipinski definition) is 4. The number of nitrogens with zero attached hydrogens (tertiary/aromatic N) is 2. The second kappa shape index (κ2) is 4.74. The van der Waals surface area contributed by atoms with E-state index < -0.39 is 0 Å². The van der Waals surface area contributed by atoms with E-state index in [4.69, 9.17) is 0 Å². The van der Waals surface area contributed by atoms with Crippen molar-refractivity contribution in [1.29, 1.82) is 0 Å². The predicted octanol–water partition coefficient (Wildman–Crippen LogP) is 3.61. The molecule has 0 saturated heterocycles. The number of para-hydroxylation sites is 1. The molecule has 3 aromatic rings. The van der Waals surface area contributed by atoms with Gasteiger partial charge in [-0.15, -0.1) is 0 Å². The topological polar surface area (TPSA) is 37.8 Å². The highest BCUT2D eigenvalue weighted by Crippen LogP contribution is 2.16. The number of thiophene rings is 1. The molecule has 90 valence electrons. The molecule has 1 aromatic carbocycles. The second-order valence-electron chi connectivity index (χ2n) is 4.19. The van der Waals surface area contributed by atoms with Crippen LogP contribution in [0.4, 0.5) is 5.95 Å². The third-order valence-corrected chi connectivity index (χ3v) is 3.80. The molecular weight excluding hydrogens is 242 g/mol. The highest BCUT2D eigenvalue weighted by atomic mass is 32.1. The SMILES string of the molecule is Cc1cscc1CNc1ncc2ccccc2n1. The average molecular weight is 255 g/mol. The fourth-order valence-electron chi connectivity index (χ4n) is 1.80. The smallest absolute Gasteiger partial charge is 0.223 e. The number of rotatable bonds is 3. The Morgan fingerprint density at radius 1 is 1.22 bits per heavy atom. The molecule has 3 rings (SSSR count). The summed E-state index contributed by atoms with van der Waals surface area (Å²) in [5, 5.41) is 8.64. The third-order valence-electron chi connectivity index (χ3n) is 2.89. The summed E-state index contributed by atoms with van der Waals surface area (Å²) in [7, 11) is 0. The molecule has 0 aliphatic heterocycles. The normalized spacial score (nSPS) is 10.7. The molecule has 0 aliphatic carbocycles. The number of benzene rings is 1. The van der Waals surface area contributed by atoms with Gasteiger partial charge in [0.2, 0.25) is 5.95 Å². The van der Waals surface area contributed by atoms with Crippen LogP contribution in [0.3, 0.4) is 0 Å². The highest BCUT2D eigenvalue weighted by Gasteiger charge is 2.01. The van der Waals surface area contributed by atoms with E-state index in [2.05, 4.69) is 33.0 Å².